The monoisotopic (exact) mass is 155 g/mol. The molecule has 1 atom stereocenters. The van der Waals surface area contributed by atoms with E-state index in [-0.39, 0.29) is 6.54 Å². The van der Waals surface area contributed by atoms with Crippen molar-refractivity contribution in [2.75, 3.05) is 6.54 Å². The summed E-state index contributed by atoms with van der Waals surface area (Å²) in [5.74, 6) is 0. The maximum absolute atomic E-state index is 9.14. The fourth-order valence-electron chi connectivity index (χ4n) is 0.904. The van der Waals surface area contributed by atoms with E-state index in [1.807, 2.05) is 13.0 Å². The molecule has 4 N–H and O–H groups in total. The number of aliphatic hydroxyl groups is 1. The Morgan fingerprint density at radius 1 is 1.82 bits per heavy atom. The molecule has 1 rings (SSSR count). The summed E-state index contributed by atoms with van der Waals surface area (Å²) in [5, 5.41) is 15.9. The van der Waals surface area contributed by atoms with Gasteiger partial charge in [-0.2, -0.15) is 5.10 Å². The first-order chi connectivity index (χ1) is 5.22. The van der Waals surface area contributed by atoms with Crippen molar-refractivity contribution in [3.8, 4) is 0 Å². The molecule has 0 aliphatic heterocycles. The normalized spacial score (nSPS) is 13.4. The minimum Gasteiger partial charge on any atom is -0.391 e. The number of nitrogens with two attached hydrogens (primary N) is 1. The van der Waals surface area contributed by atoms with E-state index in [1.165, 1.54) is 0 Å². The lowest BCUT2D eigenvalue weighted by molar-refractivity contribution is 0.182. The minimum atomic E-state index is -0.474. The van der Waals surface area contributed by atoms with E-state index in [4.69, 9.17) is 10.8 Å². The van der Waals surface area contributed by atoms with E-state index in [1.54, 1.807) is 0 Å². The third-order valence-corrected chi connectivity index (χ3v) is 1.48. The largest absolute Gasteiger partial charge is 0.391 e. The van der Waals surface area contributed by atoms with Gasteiger partial charge in [0.05, 0.1) is 11.8 Å². The van der Waals surface area contributed by atoms with Gasteiger partial charge in [-0.1, -0.05) is 0 Å². The lowest BCUT2D eigenvalue weighted by Crippen LogP contribution is -2.22. The third-order valence-electron chi connectivity index (χ3n) is 1.48. The van der Waals surface area contributed by atoms with Crippen LogP contribution in [0.1, 0.15) is 11.4 Å². The summed E-state index contributed by atoms with van der Waals surface area (Å²) < 4.78 is 0. The molecule has 1 heterocycles. The molecule has 62 valence electrons. The predicted octanol–water partition coefficient (Wildman–Crippen LogP) is -0.420. The summed E-state index contributed by atoms with van der Waals surface area (Å²) in [6.07, 6.45) is 0.0543. The number of hydrogen-bond acceptors (Lipinski definition) is 3. The molecule has 0 aliphatic rings. The van der Waals surface area contributed by atoms with Gasteiger partial charge in [0.1, 0.15) is 0 Å². The Hall–Kier alpha value is -0.870. The smallest absolute Gasteiger partial charge is 0.0718 e. The van der Waals surface area contributed by atoms with Crippen molar-refractivity contribution in [1.29, 1.82) is 0 Å². The lowest BCUT2D eigenvalue weighted by atomic mass is 10.2. The first kappa shape index (κ1) is 8.23. The summed E-state index contributed by atoms with van der Waals surface area (Å²) in [5.41, 5.74) is 7.10. The molecule has 0 radical (unpaired) electrons. The Balaban J connectivity index is 2.50. The Kier molecular flexibility index (Phi) is 2.62. The molecule has 0 saturated carbocycles. The second-order valence-corrected chi connectivity index (χ2v) is 2.64. The van der Waals surface area contributed by atoms with Crippen LogP contribution in [0.25, 0.3) is 0 Å². The molecule has 0 amide bonds. The van der Waals surface area contributed by atoms with Crippen LogP contribution in [0.5, 0.6) is 0 Å². The molecule has 1 unspecified atom stereocenters. The molecule has 0 fully saturated rings. The summed E-state index contributed by atoms with van der Waals surface area (Å²) in [4.78, 5) is 0. The molecule has 0 aliphatic carbocycles. The highest BCUT2D eigenvalue weighted by molar-refractivity contribution is 5.07. The molecule has 1 aromatic heterocycles. The highest BCUT2D eigenvalue weighted by Crippen LogP contribution is 2.00. The summed E-state index contributed by atoms with van der Waals surface area (Å²) in [6, 6.07) is 1.90. The number of rotatable bonds is 3. The van der Waals surface area contributed by atoms with Crippen LogP contribution < -0.4 is 5.73 Å². The van der Waals surface area contributed by atoms with E-state index in [0.717, 1.165) is 11.4 Å². The van der Waals surface area contributed by atoms with Crippen LogP contribution in [0.15, 0.2) is 6.07 Å². The number of nitrogens with zero attached hydrogens (tertiary/aromatic N) is 1. The van der Waals surface area contributed by atoms with Crippen LogP contribution >= 0.6 is 0 Å². The van der Waals surface area contributed by atoms with Crippen molar-refractivity contribution < 1.29 is 5.11 Å². The number of H-pyrrole nitrogens is 1. The van der Waals surface area contributed by atoms with Gasteiger partial charge in [-0.3, -0.25) is 5.10 Å². The van der Waals surface area contributed by atoms with Gasteiger partial charge in [-0.05, 0) is 13.0 Å². The maximum Gasteiger partial charge on any atom is 0.0718 e. The molecule has 0 saturated heterocycles. The van der Waals surface area contributed by atoms with Crippen LogP contribution in [0.4, 0.5) is 0 Å². The Bertz CT molecular complexity index is 221. The Labute approximate surface area is 65.4 Å². The van der Waals surface area contributed by atoms with Gasteiger partial charge in [0.25, 0.3) is 0 Å². The van der Waals surface area contributed by atoms with Crippen molar-refractivity contribution in [1.82, 2.24) is 10.2 Å². The number of aromatic amines is 1. The standard InChI is InChI=1S/C7H13N3O/c1-5-2-6(10-9-5)3-7(11)4-8/h2,7,11H,3-4,8H2,1H3,(H,9,10). The van der Waals surface area contributed by atoms with Gasteiger partial charge in [0.15, 0.2) is 0 Å². The second kappa shape index (κ2) is 3.50. The van der Waals surface area contributed by atoms with E-state index in [9.17, 15) is 0 Å². The van der Waals surface area contributed by atoms with Crippen LogP contribution in [0, 0.1) is 6.92 Å². The highest BCUT2D eigenvalue weighted by atomic mass is 16.3. The first-order valence-corrected chi connectivity index (χ1v) is 3.61. The van der Waals surface area contributed by atoms with Gasteiger partial charge in [-0.15, -0.1) is 0 Å². The molecule has 0 aromatic carbocycles. The zero-order valence-corrected chi connectivity index (χ0v) is 6.54. The van der Waals surface area contributed by atoms with E-state index in [0.29, 0.717) is 6.42 Å². The highest BCUT2D eigenvalue weighted by Gasteiger charge is 2.04. The van der Waals surface area contributed by atoms with Crippen LogP contribution in [0.2, 0.25) is 0 Å². The lowest BCUT2D eigenvalue weighted by Gasteiger charge is -2.02. The Morgan fingerprint density at radius 3 is 3.00 bits per heavy atom. The summed E-state index contributed by atoms with van der Waals surface area (Å²) >= 11 is 0. The number of aromatic nitrogens is 2. The Morgan fingerprint density at radius 2 is 2.55 bits per heavy atom. The topological polar surface area (TPSA) is 74.9 Å². The molecule has 1 aromatic rings. The fourth-order valence-corrected chi connectivity index (χ4v) is 0.904. The molecular formula is C7H13N3O. The van der Waals surface area contributed by atoms with Gasteiger partial charge in [0, 0.05) is 18.7 Å². The van der Waals surface area contributed by atoms with Crippen molar-refractivity contribution in [2.24, 2.45) is 5.73 Å². The summed E-state index contributed by atoms with van der Waals surface area (Å²) in [6.45, 7) is 2.21. The number of aliphatic hydroxyl groups excluding tert-OH is 1. The predicted molar refractivity (Wildman–Crippen MR) is 42.1 cm³/mol. The quantitative estimate of drug-likeness (QED) is 0.555. The maximum atomic E-state index is 9.14. The molecule has 4 heteroatoms. The zero-order chi connectivity index (χ0) is 8.27. The third kappa shape index (κ3) is 2.32. The summed E-state index contributed by atoms with van der Waals surface area (Å²) in [7, 11) is 0. The number of hydrogen-bond donors (Lipinski definition) is 3. The van der Waals surface area contributed by atoms with Gasteiger partial charge < -0.3 is 10.8 Å². The van der Waals surface area contributed by atoms with Crippen LogP contribution in [-0.2, 0) is 6.42 Å². The van der Waals surface area contributed by atoms with Crippen molar-refractivity contribution in [3.05, 3.63) is 17.5 Å². The number of aryl methyl sites for hydroxylation is 1. The SMILES string of the molecule is Cc1cc(CC(O)CN)n[nH]1. The first-order valence-electron chi connectivity index (χ1n) is 3.61. The minimum absolute atomic E-state index is 0.284. The van der Waals surface area contributed by atoms with E-state index < -0.39 is 6.10 Å². The van der Waals surface area contributed by atoms with Crippen LogP contribution in [-0.4, -0.2) is 28.0 Å². The molecule has 0 bridgehead atoms. The van der Waals surface area contributed by atoms with E-state index >= 15 is 0 Å². The van der Waals surface area contributed by atoms with Gasteiger partial charge in [-0.25, -0.2) is 0 Å². The molecule has 0 spiro atoms. The fraction of sp³-hybridized carbons (Fsp3) is 0.571. The average Bonchev–Trinajstić information content (AvgIpc) is 2.35. The van der Waals surface area contributed by atoms with Crippen molar-refractivity contribution in [3.63, 3.8) is 0 Å². The van der Waals surface area contributed by atoms with Crippen molar-refractivity contribution >= 4 is 0 Å². The van der Waals surface area contributed by atoms with Crippen LogP contribution in [0.3, 0.4) is 0 Å². The zero-order valence-electron chi connectivity index (χ0n) is 6.54. The van der Waals surface area contributed by atoms with Gasteiger partial charge >= 0.3 is 0 Å². The number of nitrogens with one attached hydrogen (secondary N) is 1. The van der Waals surface area contributed by atoms with Crippen molar-refractivity contribution in [2.45, 2.75) is 19.4 Å². The van der Waals surface area contributed by atoms with E-state index in [2.05, 4.69) is 10.2 Å². The average molecular weight is 155 g/mol. The molecule has 4 nitrogen and oxygen atoms in total. The molecule has 11 heavy (non-hydrogen) atoms. The van der Waals surface area contributed by atoms with Gasteiger partial charge in [0.2, 0.25) is 0 Å². The second-order valence-electron chi connectivity index (χ2n) is 2.64. The molecular weight excluding hydrogens is 142 g/mol.